The maximum absolute atomic E-state index is 13.8. The highest BCUT2D eigenvalue weighted by molar-refractivity contribution is 9.10. The lowest BCUT2D eigenvalue weighted by Gasteiger charge is -2.22. The topological polar surface area (TPSA) is 69.7 Å². The van der Waals surface area contributed by atoms with Gasteiger partial charge in [-0.3, -0.25) is 14.4 Å². The van der Waals surface area contributed by atoms with Gasteiger partial charge >= 0.3 is 11.9 Å². The van der Waals surface area contributed by atoms with Crippen molar-refractivity contribution < 1.29 is 23.9 Å². The van der Waals surface area contributed by atoms with Gasteiger partial charge in [-0.1, -0.05) is 88.4 Å². The molecule has 1 atom stereocenters. The molecule has 3 aromatic carbocycles. The fourth-order valence-corrected chi connectivity index (χ4v) is 4.33. The molecule has 1 unspecified atom stereocenters. The monoisotopic (exact) mass is 563 g/mol. The largest absolute Gasteiger partial charge is 0.461 e. The van der Waals surface area contributed by atoms with Gasteiger partial charge in [0, 0.05) is 15.6 Å². The number of benzene rings is 3. The Kier molecular flexibility index (Phi) is 10.2. The van der Waals surface area contributed by atoms with Crippen LogP contribution in [0.4, 0.5) is 0 Å². The summed E-state index contributed by atoms with van der Waals surface area (Å²) < 4.78 is 11.8. The van der Waals surface area contributed by atoms with Crippen LogP contribution in [0.3, 0.4) is 0 Å². The van der Waals surface area contributed by atoms with Gasteiger partial charge in [0.2, 0.25) is 0 Å². The lowest BCUT2D eigenvalue weighted by Crippen LogP contribution is -2.20. The van der Waals surface area contributed by atoms with Gasteiger partial charge in [0.25, 0.3) is 0 Å². The van der Waals surface area contributed by atoms with Crippen LogP contribution >= 0.6 is 15.9 Å². The van der Waals surface area contributed by atoms with E-state index in [0.29, 0.717) is 22.0 Å². The Bertz CT molecular complexity index is 1220. The molecule has 0 amide bonds. The molecule has 0 aromatic heterocycles. The van der Waals surface area contributed by atoms with Crippen molar-refractivity contribution >= 4 is 33.7 Å². The Morgan fingerprint density at radius 1 is 0.784 bits per heavy atom. The number of ether oxygens (including phenoxy) is 2. The number of Topliss-reactive ketones (excluding diaryl/α,β-unsaturated/α-hetero) is 1. The minimum atomic E-state index is -0.503. The lowest BCUT2D eigenvalue weighted by molar-refractivity contribution is -0.149. The van der Waals surface area contributed by atoms with Crippen molar-refractivity contribution in [3.8, 4) is 0 Å². The summed E-state index contributed by atoms with van der Waals surface area (Å²) in [6, 6.07) is 23.7. The van der Waals surface area contributed by atoms with Crippen molar-refractivity contribution in [1.29, 1.82) is 0 Å². The molecular formula is C31H32BrO5. The maximum Gasteiger partial charge on any atom is 0.308 e. The second-order valence-electron chi connectivity index (χ2n) is 9.51. The highest BCUT2D eigenvalue weighted by Crippen LogP contribution is 2.33. The standard InChI is InChI=1S/C31H32BrO5/c1-20(2)30(34)36-18-24-15-16-28(32)27(19-37-31(35)21(3)4)25(24)17-26(22-11-7-5-8-12-22)29(33)23-13-9-6-10-14-23/h5-15,20-21,26H,17-19H2,1-4H3. The van der Waals surface area contributed by atoms with Crippen LogP contribution in [0.25, 0.3) is 0 Å². The van der Waals surface area contributed by atoms with Gasteiger partial charge in [-0.25, -0.2) is 0 Å². The van der Waals surface area contributed by atoms with Crippen LogP contribution in [-0.4, -0.2) is 17.7 Å². The van der Waals surface area contributed by atoms with Crippen LogP contribution < -0.4 is 0 Å². The molecule has 3 aromatic rings. The van der Waals surface area contributed by atoms with Gasteiger partial charge in [-0.15, -0.1) is 0 Å². The number of carbonyl (C=O) groups excluding carboxylic acids is 3. The molecule has 0 aliphatic rings. The summed E-state index contributed by atoms with van der Waals surface area (Å²) >= 11 is 3.56. The molecular weight excluding hydrogens is 532 g/mol. The summed E-state index contributed by atoms with van der Waals surface area (Å²) in [4.78, 5) is 38.3. The SMILES string of the molecule is CC(C)C(=O)OCc1c[c]c(Br)c(COC(=O)C(C)C)c1CC(C(=O)c1ccccc1)c1ccccc1. The third-order valence-corrected chi connectivity index (χ3v) is 6.75. The van der Waals surface area contributed by atoms with Crippen LogP contribution in [0.15, 0.2) is 71.2 Å². The van der Waals surface area contributed by atoms with Gasteiger partial charge in [0.05, 0.1) is 17.8 Å². The molecule has 5 nitrogen and oxygen atoms in total. The molecule has 0 N–H and O–H groups in total. The van der Waals surface area contributed by atoms with Crippen LogP contribution in [0, 0.1) is 17.9 Å². The number of rotatable bonds is 11. The summed E-state index contributed by atoms with van der Waals surface area (Å²) in [5.41, 5.74) is 3.69. The lowest BCUT2D eigenvalue weighted by atomic mass is 9.83. The molecule has 0 spiro atoms. The van der Waals surface area contributed by atoms with Crippen molar-refractivity contribution in [3.63, 3.8) is 0 Å². The van der Waals surface area contributed by atoms with Gasteiger partial charge < -0.3 is 9.47 Å². The maximum atomic E-state index is 13.8. The highest BCUT2D eigenvalue weighted by atomic mass is 79.9. The summed E-state index contributed by atoms with van der Waals surface area (Å²) in [5.74, 6) is -1.72. The summed E-state index contributed by atoms with van der Waals surface area (Å²) in [7, 11) is 0. The number of carbonyl (C=O) groups is 3. The molecule has 0 heterocycles. The van der Waals surface area contributed by atoms with E-state index in [2.05, 4.69) is 22.0 Å². The van der Waals surface area contributed by atoms with Crippen molar-refractivity contribution in [2.75, 3.05) is 0 Å². The zero-order valence-corrected chi connectivity index (χ0v) is 23.2. The van der Waals surface area contributed by atoms with Crippen LogP contribution in [-0.2, 0) is 38.7 Å². The quantitative estimate of drug-likeness (QED) is 0.188. The fourth-order valence-electron chi connectivity index (χ4n) is 3.87. The molecule has 0 aliphatic heterocycles. The second kappa shape index (κ2) is 13.3. The van der Waals surface area contributed by atoms with E-state index in [0.717, 1.165) is 16.7 Å². The molecule has 3 rings (SSSR count). The van der Waals surface area contributed by atoms with E-state index < -0.39 is 5.92 Å². The number of hydrogen-bond acceptors (Lipinski definition) is 5. The average molecular weight is 564 g/mol. The third-order valence-electron chi connectivity index (χ3n) is 6.05. The van der Waals surface area contributed by atoms with Gasteiger partial charge in [-0.2, -0.15) is 0 Å². The number of ketones is 1. The summed E-state index contributed by atoms with van der Waals surface area (Å²) in [5, 5.41) is 0. The van der Waals surface area contributed by atoms with E-state index in [1.54, 1.807) is 33.8 Å². The summed E-state index contributed by atoms with van der Waals surface area (Å²) in [6.45, 7) is 7.14. The Balaban J connectivity index is 2.08. The molecule has 0 saturated heterocycles. The van der Waals surface area contributed by atoms with E-state index >= 15 is 0 Å². The molecule has 1 radical (unpaired) electrons. The predicted octanol–water partition coefficient (Wildman–Crippen LogP) is 6.86. The first-order valence-electron chi connectivity index (χ1n) is 12.4. The minimum absolute atomic E-state index is 0.0104. The first kappa shape index (κ1) is 28.3. The molecule has 6 heteroatoms. The van der Waals surface area contributed by atoms with E-state index in [1.807, 2.05) is 60.7 Å². The van der Waals surface area contributed by atoms with Crippen molar-refractivity contribution in [2.45, 2.75) is 53.2 Å². The van der Waals surface area contributed by atoms with Crippen LogP contribution in [0.2, 0.25) is 0 Å². The van der Waals surface area contributed by atoms with Crippen molar-refractivity contribution in [2.24, 2.45) is 11.8 Å². The fraction of sp³-hybridized carbons (Fsp3) is 0.323. The molecule has 0 aliphatic carbocycles. The van der Waals surface area contributed by atoms with Crippen molar-refractivity contribution in [1.82, 2.24) is 0 Å². The number of halogens is 1. The predicted molar refractivity (Wildman–Crippen MR) is 146 cm³/mol. The molecule has 193 valence electrons. The third kappa shape index (κ3) is 7.62. The Hall–Kier alpha value is -3.25. The first-order chi connectivity index (χ1) is 17.7. The van der Waals surface area contributed by atoms with E-state index in [1.165, 1.54) is 0 Å². The number of esters is 2. The first-order valence-corrected chi connectivity index (χ1v) is 13.2. The minimum Gasteiger partial charge on any atom is -0.461 e. The Morgan fingerprint density at radius 2 is 1.32 bits per heavy atom. The zero-order chi connectivity index (χ0) is 26.9. The van der Waals surface area contributed by atoms with Gasteiger partial charge in [0.15, 0.2) is 5.78 Å². The average Bonchev–Trinajstić information content (AvgIpc) is 2.90. The Labute approximate surface area is 227 Å². The van der Waals surface area contributed by atoms with E-state index in [9.17, 15) is 14.4 Å². The van der Waals surface area contributed by atoms with E-state index in [-0.39, 0.29) is 42.8 Å². The van der Waals surface area contributed by atoms with E-state index in [4.69, 9.17) is 9.47 Å². The normalized spacial score (nSPS) is 11.9. The summed E-state index contributed by atoms with van der Waals surface area (Å²) in [6.07, 6.45) is 0.328. The molecule has 0 bridgehead atoms. The second-order valence-corrected chi connectivity index (χ2v) is 10.3. The zero-order valence-electron chi connectivity index (χ0n) is 21.6. The van der Waals surface area contributed by atoms with Crippen LogP contribution in [0.1, 0.15) is 66.2 Å². The van der Waals surface area contributed by atoms with Gasteiger partial charge in [0.1, 0.15) is 13.2 Å². The molecule has 0 saturated carbocycles. The molecule has 37 heavy (non-hydrogen) atoms. The Morgan fingerprint density at radius 3 is 1.89 bits per heavy atom. The van der Waals surface area contributed by atoms with Crippen LogP contribution in [0.5, 0.6) is 0 Å². The van der Waals surface area contributed by atoms with Crippen molar-refractivity contribution in [3.05, 3.63) is 105 Å². The molecule has 0 fully saturated rings. The highest BCUT2D eigenvalue weighted by Gasteiger charge is 2.26. The van der Waals surface area contributed by atoms with Gasteiger partial charge in [-0.05, 0) is 51.2 Å². The number of hydrogen-bond donors (Lipinski definition) is 0. The smallest absolute Gasteiger partial charge is 0.308 e.